The Labute approximate surface area is 145 Å². The number of likely N-dealkylation sites (tertiary alicyclic amines) is 1. The van der Waals surface area contributed by atoms with Crippen LogP contribution in [0.25, 0.3) is 0 Å². The standard InChI is InChI=1S/C17H22ClFN2O3/c1-10(2)14(12-5-4-11(18)8-13(12)19)20-16(24)21-7-6-17(3,9-21)15(22)23/h4-5,8,10,14H,6-7,9H2,1-3H3,(H,20,24)(H,22,23). The first-order valence-electron chi connectivity index (χ1n) is 7.88. The zero-order valence-corrected chi connectivity index (χ0v) is 14.7. The molecule has 1 aromatic rings. The maximum atomic E-state index is 14.2. The van der Waals surface area contributed by atoms with Crippen LogP contribution in [0.4, 0.5) is 9.18 Å². The van der Waals surface area contributed by atoms with Crippen LogP contribution in [0.1, 0.15) is 38.8 Å². The van der Waals surface area contributed by atoms with Gasteiger partial charge in [-0.3, -0.25) is 4.79 Å². The van der Waals surface area contributed by atoms with Gasteiger partial charge in [0, 0.05) is 23.7 Å². The van der Waals surface area contributed by atoms with Gasteiger partial charge in [0.15, 0.2) is 0 Å². The first-order chi connectivity index (χ1) is 11.1. The van der Waals surface area contributed by atoms with Crippen LogP contribution in [0, 0.1) is 17.2 Å². The Bertz CT molecular complexity index is 653. The summed E-state index contributed by atoms with van der Waals surface area (Å²) in [5.41, 5.74) is -0.570. The monoisotopic (exact) mass is 356 g/mol. The van der Waals surface area contributed by atoms with E-state index in [1.165, 1.54) is 11.0 Å². The van der Waals surface area contributed by atoms with Crippen molar-refractivity contribution < 1.29 is 19.1 Å². The number of carbonyl (C=O) groups is 2. The first-order valence-corrected chi connectivity index (χ1v) is 8.25. The van der Waals surface area contributed by atoms with E-state index in [-0.39, 0.29) is 18.5 Å². The van der Waals surface area contributed by atoms with Gasteiger partial charge in [0.05, 0.1) is 11.5 Å². The lowest BCUT2D eigenvalue weighted by Gasteiger charge is -2.27. The number of rotatable bonds is 4. The SMILES string of the molecule is CC(C)C(NC(=O)N1CCC(C)(C(=O)O)C1)c1ccc(Cl)cc1F. The minimum atomic E-state index is -0.934. The van der Waals surface area contributed by atoms with Gasteiger partial charge in [0.25, 0.3) is 0 Å². The molecule has 2 N–H and O–H groups in total. The fourth-order valence-electron chi connectivity index (χ4n) is 2.89. The van der Waals surface area contributed by atoms with Gasteiger partial charge < -0.3 is 15.3 Å². The Hall–Kier alpha value is -1.82. The highest BCUT2D eigenvalue weighted by Crippen LogP contribution is 2.31. The van der Waals surface area contributed by atoms with Crippen molar-refractivity contribution in [2.75, 3.05) is 13.1 Å². The Morgan fingerprint density at radius 3 is 2.58 bits per heavy atom. The number of aliphatic carboxylic acids is 1. The summed E-state index contributed by atoms with van der Waals surface area (Å²) in [6, 6.07) is 3.46. The van der Waals surface area contributed by atoms with Gasteiger partial charge in [-0.2, -0.15) is 0 Å². The van der Waals surface area contributed by atoms with Crippen molar-refractivity contribution in [2.45, 2.75) is 33.2 Å². The number of nitrogens with zero attached hydrogens (tertiary/aromatic N) is 1. The molecule has 0 radical (unpaired) electrons. The molecule has 1 aliphatic rings. The molecular formula is C17H22ClFN2O3. The Morgan fingerprint density at radius 1 is 1.42 bits per heavy atom. The predicted molar refractivity (Wildman–Crippen MR) is 89.5 cm³/mol. The number of urea groups is 1. The summed E-state index contributed by atoms with van der Waals surface area (Å²) in [5, 5.41) is 12.4. The molecule has 2 unspecified atom stereocenters. The van der Waals surface area contributed by atoms with Gasteiger partial charge in [0.2, 0.25) is 0 Å². The number of carboxylic acid groups (broad SMARTS) is 1. The maximum absolute atomic E-state index is 14.2. The second kappa shape index (κ2) is 6.97. The predicted octanol–water partition coefficient (Wildman–Crippen LogP) is 3.68. The summed E-state index contributed by atoms with van der Waals surface area (Å²) < 4.78 is 14.2. The van der Waals surface area contributed by atoms with E-state index in [0.29, 0.717) is 23.6 Å². The van der Waals surface area contributed by atoms with E-state index in [4.69, 9.17) is 11.6 Å². The molecule has 7 heteroatoms. The van der Waals surface area contributed by atoms with Gasteiger partial charge in [-0.25, -0.2) is 9.18 Å². The van der Waals surface area contributed by atoms with Crippen LogP contribution in [0.15, 0.2) is 18.2 Å². The van der Waals surface area contributed by atoms with Gasteiger partial charge in [-0.1, -0.05) is 31.5 Å². The molecule has 2 atom stereocenters. The van der Waals surface area contributed by atoms with E-state index in [1.807, 2.05) is 13.8 Å². The molecule has 24 heavy (non-hydrogen) atoms. The molecule has 0 aliphatic carbocycles. The zero-order chi connectivity index (χ0) is 18.1. The molecule has 5 nitrogen and oxygen atoms in total. The lowest BCUT2D eigenvalue weighted by Crippen LogP contribution is -2.43. The number of amides is 2. The Kier molecular flexibility index (Phi) is 5.38. The molecule has 1 aliphatic heterocycles. The van der Waals surface area contributed by atoms with Crippen molar-refractivity contribution in [3.63, 3.8) is 0 Å². The van der Waals surface area contributed by atoms with Gasteiger partial charge >= 0.3 is 12.0 Å². The number of hydrogen-bond donors (Lipinski definition) is 2. The van der Waals surface area contributed by atoms with Crippen molar-refractivity contribution in [3.05, 3.63) is 34.6 Å². The van der Waals surface area contributed by atoms with Gasteiger partial charge in [-0.05, 0) is 31.4 Å². The van der Waals surface area contributed by atoms with E-state index in [2.05, 4.69) is 5.32 Å². The minimum absolute atomic E-state index is 0.0434. The third-order valence-electron chi connectivity index (χ3n) is 4.52. The summed E-state index contributed by atoms with van der Waals surface area (Å²) >= 11 is 5.78. The average molecular weight is 357 g/mol. The quantitative estimate of drug-likeness (QED) is 0.864. The number of benzene rings is 1. The molecular weight excluding hydrogens is 335 g/mol. The van der Waals surface area contributed by atoms with E-state index in [9.17, 15) is 19.1 Å². The average Bonchev–Trinajstić information content (AvgIpc) is 2.89. The molecule has 0 spiro atoms. The summed E-state index contributed by atoms with van der Waals surface area (Å²) in [4.78, 5) is 25.3. The van der Waals surface area contributed by atoms with Crippen LogP contribution in [-0.4, -0.2) is 35.1 Å². The molecule has 0 bridgehead atoms. The lowest BCUT2D eigenvalue weighted by molar-refractivity contribution is -0.147. The van der Waals surface area contributed by atoms with Crippen molar-refractivity contribution in [2.24, 2.45) is 11.3 Å². The highest BCUT2D eigenvalue weighted by Gasteiger charge is 2.42. The zero-order valence-electron chi connectivity index (χ0n) is 14.0. The van der Waals surface area contributed by atoms with Crippen LogP contribution < -0.4 is 5.32 Å². The van der Waals surface area contributed by atoms with Crippen LogP contribution in [0.5, 0.6) is 0 Å². The fraction of sp³-hybridized carbons (Fsp3) is 0.529. The van der Waals surface area contributed by atoms with Gasteiger partial charge in [-0.15, -0.1) is 0 Å². The fourth-order valence-corrected chi connectivity index (χ4v) is 3.05. The summed E-state index contributed by atoms with van der Waals surface area (Å²) in [6.07, 6.45) is 0.400. The highest BCUT2D eigenvalue weighted by atomic mass is 35.5. The lowest BCUT2D eigenvalue weighted by atomic mass is 9.90. The van der Waals surface area contributed by atoms with Crippen molar-refractivity contribution in [1.82, 2.24) is 10.2 Å². The van der Waals surface area contributed by atoms with Crippen LogP contribution >= 0.6 is 11.6 Å². The first kappa shape index (κ1) is 18.5. The highest BCUT2D eigenvalue weighted by molar-refractivity contribution is 6.30. The second-order valence-electron chi connectivity index (χ2n) is 6.87. The maximum Gasteiger partial charge on any atom is 0.317 e. The molecule has 1 aromatic carbocycles. The number of carbonyl (C=O) groups excluding carboxylic acids is 1. The molecule has 132 valence electrons. The molecule has 1 saturated heterocycles. The summed E-state index contributed by atoms with van der Waals surface area (Å²) in [7, 11) is 0. The Balaban J connectivity index is 2.14. The largest absolute Gasteiger partial charge is 0.481 e. The third-order valence-corrected chi connectivity index (χ3v) is 4.76. The molecule has 0 aromatic heterocycles. The van der Waals surface area contributed by atoms with E-state index in [1.54, 1.807) is 19.1 Å². The topological polar surface area (TPSA) is 69.6 Å². The van der Waals surface area contributed by atoms with E-state index < -0.39 is 23.2 Å². The Morgan fingerprint density at radius 2 is 2.08 bits per heavy atom. The number of carboxylic acids is 1. The van der Waals surface area contributed by atoms with E-state index >= 15 is 0 Å². The molecule has 1 fully saturated rings. The molecule has 1 heterocycles. The summed E-state index contributed by atoms with van der Waals surface area (Å²) in [6.45, 7) is 5.89. The van der Waals surface area contributed by atoms with Crippen molar-refractivity contribution >= 4 is 23.6 Å². The molecule has 2 rings (SSSR count). The third kappa shape index (κ3) is 3.80. The van der Waals surface area contributed by atoms with Crippen LogP contribution in [0.3, 0.4) is 0 Å². The normalized spacial score (nSPS) is 21.8. The van der Waals surface area contributed by atoms with Crippen molar-refractivity contribution in [3.8, 4) is 0 Å². The summed E-state index contributed by atoms with van der Waals surface area (Å²) in [5.74, 6) is -1.43. The van der Waals surface area contributed by atoms with Crippen molar-refractivity contribution in [1.29, 1.82) is 0 Å². The smallest absolute Gasteiger partial charge is 0.317 e. The molecule has 0 saturated carbocycles. The minimum Gasteiger partial charge on any atom is -0.481 e. The second-order valence-corrected chi connectivity index (χ2v) is 7.31. The number of hydrogen-bond acceptors (Lipinski definition) is 2. The number of halogens is 2. The molecule has 2 amide bonds. The van der Waals surface area contributed by atoms with E-state index in [0.717, 1.165) is 0 Å². The van der Waals surface area contributed by atoms with Crippen LogP contribution in [-0.2, 0) is 4.79 Å². The number of nitrogens with one attached hydrogen (secondary N) is 1. The van der Waals surface area contributed by atoms with Crippen LogP contribution in [0.2, 0.25) is 5.02 Å². The van der Waals surface area contributed by atoms with Gasteiger partial charge in [0.1, 0.15) is 5.82 Å².